The van der Waals surface area contributed by atoms with Gasteiger partial charge in [-0.05, 0) is 85.5 Å². The zero-order chi connectivity index (χ0) is 33.5. The van der Waals surface area contributed by atoms with Gasteiger partial charge in [0.25, 0.3) is 0 Å². The molecular weight excluding hydrogens is 607 g/mol. The van der Waals surface area contributed by atoms with E-state index in [-0.39, 0.29) is 0 Å². The minimum Gasteiger partial charge on any atom is -0.456 e. The molecule has 0 aliphatic heterocycles. The normalized spacial score (nSPS) is 12.7. The van der Waals surface area contributed by atoms with Gasteiger partial charge in [-0.15, -0.1) is 0 Å². The van der Waals surface area contributed by atoms with Crippen molar-refractivity contribution in [2.45, 2.75) is 12.0 Å². The molecule has 0 saturated carbocycles. The standard InChI is InChI=1S/C48H35NO/c49-48(40-19-5-2-6-20-40,41-27-24-35(25-28-41)34-13-3-1-4-14-34)32-33-12-9-16-37(30-33)38-17-10-18-39(31-38)43-22-11-23-44-47(43)46-42-21-8-7-15-36(42)26-29-45(46)50-44/h1-31H,32,49H2. The smallest absolute Gasteiger partial charge is 0.136 e. The summed E-state index contributed by atoms with van der Waals surface area (Å²) in [4.78, 5) is 0. The van der Waals surface area contributed by atoms with E-state index in [2.05, 4.69) is 176 Å². The Labute approximate surface area is 292 Å². The molecule has 8 aromatic carbocycles. The van der Waals surface area contributed by atoms with Gasteiger partial charge in [-0.3, -0.25) is 0 Å². The Hall–Kier alpha value is -6.22. The summed E-state index contributed by atoms with van der Waals surface area (Å²) in [5.41, 5.74) is 18.9. The lowest BCUT2D eigenvalue weighted by atomic mass is 9.78. The Morgan fingerprint density at radius 2 is 1.02 bits per heavy atom. The van der Waals surface area contributed by atoms with Gasteiger partial charge in [0.1, 0.15) is 11.2 Å². The first-order valence-electron chi connectivity index (χ1n) is 17.2. The van der Waals surface area contributed by atoms with Crippen LogP contribution < -0.4 is 5.73 Å². The maximum absolute atomic E-state index is 7.47. The number of benzene rings is 8. The van der Waals surface area contributed by atoms with Crippen LogP contribution in [0.3, 0.4) is 0 Å². The second-order valence-corrected chi connectivity index (χ2v) is 13.2. The average molecular weight is 642 g/mol. The Morgan fingerprint density at radius 3 is 1.84 bits per heavy atom. The molecule has 0 bridgehead atoms. The molecule has 9 rings (SSSR count). The summed E-state index contributed by atoms with van der Waals surface area (Å²) in [7, 11) is 0. The van der Waals surface area contributed by atoms with E-state index in [1.165, 1.54) is 33.0 Å². The molecule has 0 spiro atoms. The summed E-state index contributed by atoms with van der Waals surface area (Å²) in [6, 6.07) is 66.5. The molecule has 0 radical (unpaired) electrons. The lowest BCUT2D eigenvalue weighted by Crippen LogP contribution is -2.40. The minimum atomic E-state index is -0.711. The lowest BCUT2D eigenvalue weighted by molar-refractivity contribution is 0.535. The van der Waals surface area contributed by atoms with E-state index in [0.717, 1.165) is 49.8 Å². The molecular formula is C48H35NO. The van der Waals surface area contributed by atoms with Gasteiger partial charge in [-0.2, -0.15) is 0 Å². The lowest BCUT2D eigenvalue weighted by Gasteiger charge is -2.31. The van der Waals surface area contributed by atoms with Gasteiger partial charge in [0.15, 0.2) is 0 Å². The summed E-state index contributed by atoms with van der Waals surface area (Å²) in [6.45, 7) is 0. The van der Waals surface area contributed by atoms with Gasteiger partial charge in [0.05, 0.1) is 5.54 Å². The van der Waals surface area contributed by atoms with Crippen LogP contribution in [-0.4, -0.2) is 0 Å². The first kappa shape index (κ1) is 29.9. The molecule has 50 heavy (non-hydrogen) atoms. The third kappa shape index (κ3) is 5.27. The second-order valence-electron chi connectivity index (χ2n) is 13.2. The van der Waals surface area contributed by atoms with Crippen molar-refractivity contribution in [3.8, 4) is 33.4 Å². The maximum Gasteiger partial charge on any atom is 0.136 e. The van der Waals surface area contributed by atoms with Gasteiger partial charge in [0.2, 0.25) is 0 Å². The highest BCUT2D eigenvalue weighted by Gasteiger charge is 2.30. The van der Waals surface area contributed by atoms with E-state index in [0.29, 0.717) is 6.42 Å². The van der Waals surface area contributed by atoms with Crippen LogP contribution in [-0.2, 0) is 12.0 Å². The molecule has 1 heterocycles. The third-order valence-electron chi connectivity index (χ3n) is 10.1. The van der Waals surface area contributed by atoms with Crippen LogP contribution in [0.4, 0.5) is 0 Å². The van der Waals surface area contributed by atoms with Crippen molar-refractivity contribution < 1.29 is 4.42 Å². The summed E-state index contributed by atoms with van der Waals surface area (Å²) < 4.78 is 6.39. The summed E-state index contributed by atoms with van der Waals surface area (Å²) in [5.74, 6) is 0. The molecule has 0 aliphatic rings. The fourth-order valence-corrected chi connectivity index (χ4v) is 7.57. The van der Waals surface area contributed by atoms with Gasteiger partial charge in [-0.25, -0.2) is 0 Å². The minimum absolute atomic E-state index is 0.655. The molecule has 2 heteroatoms. The number of nitrogens with two attached hydrogens (primary N) is 1. The monoisotopic (exact) mass is 641 g/mol. The summed E-state index contributed by atoms with van der Waals surface area (Å²) >= 11 is 0. The number of hydrogen-bond acceptors (Lipinski definition) is 2. The SMILES string of the molecule is NC(Cc1cccc(-c2cccc(-c3cccc4oc5ccc6ccccc6c5c34)c2)c1)(c1ccccc1)c1ccc(-c2ccccc2)cc1. The molecule has 1 unspecified atom stereocenters. The average Bonchev–Trinajstić information content (AvgIpc) is 3.58. The number of fused-ring (bicyclic) bond motifs is 5. The van der Waals surface area contributed by atoms with Crippen LogP contribution in [0.2, 0.25) is 0 Å². The van der Waals surface area contributed by atoms with Gasteiger partial charge >= 0.3 is 0 Å². The molecule has 9 aromatic rings. The highest BCUT2D eigenvalue weighted by molar-refractivity contribution is 6.22. The quantitative estimate of drug-likeness (QED) is 0.188. The molecule has 2 nitrogen and oxygen atoms in total. The molecule has 0 fully saturated rings. The van der Waals surface area contributed by atoms with E-state index >= 15 is 0 Å². The van der Waals surface area contributed by atoms with E-state index < -0.39 is 5.54 Å². The number of rotatable bonds is 7. The second kappa shape index (κ2) is 12.3. The number of hydrogen-bond donors (Lipinski definition) is 1. The van der Waals surface area contributed by atoms with Crippen molar-refractivity contribution in [3.63, 3.8) is 0 Å². The highest BCUT2D eigenvalue weighted by atomic mass is 16.3. The molecule has 2 N–H and O–H groups in total. The van der Waals surface area contributed by atoms with E-state index in [1.54, 1.807) is 0 Å². The highest BCUT2D eigenvalue weighted by Crippen LogP contribution is 2.41. The van der Waals surface area contributed by atoms with Crippen molar-refractivity contribution in [2.24, 2.45) is 5.73 Å². The Kier molecular flexibility index (Phi) is 7.38. The van der Waals surface area contributed by atoms with Gasteiger partial charge in [0, 0.05) is 10.8 Å². The van der Waals surface area contributed by atoms with Gasteiger partial charge in [-0.1, -0.05) is 170 Å². The van der Waals surface area contributed by atoms with Crippen molar-refractivity contribution in [1.82, 2.24) is 0 Å². The van der Waals surface area contributed by atoms with Crippen LogP contribution in [0.25, 0.3) is 66.1 Å². The molecule has 0 aliphatic carbocycles. The Balaban J connectivity index is 1.10. The van der Waals surface area contributed by atoms with Crippen molar-refractivity contribution in [3.05, 3.63) is 205 Å². The van der Waals surface area contributed by atoms with Crippen LogP contribution >= 0.6 is 0 Å². The molecule has 1 aromatic heterocycles. The third-order valence-corrected chi connectivity index (χ3v) is 10.1. The number of furan rings is 1. The van der Waals surface area contributed by atoms with Crippen LogP contribution in [0.5, 0.6) is 0 Å². The van der Waals surface area contributed by atoms with E-state index in [9.17, 15) is 0 Å². The molecule has 0 amide bonds. The zero-order valence-electron chi connectivity index (χ0n) is 27.6. The Bertz CT molecular complexity index is 2620. The zero-order valence-corrected chi connectivity index (χ0v) is 27.6. The van der Waals surface area contributed by atoms with Crippen molar-refractivity contribution >= 4 is 32.7 Å². The largest absolute Gasteiger partial charge is 0.456 e. The van der Waals surface area contributed by atoms with Crippen molar-refractivity contribution in [2.75, 3.05) is 0 Å². The molecule has 238 valence electrons. The topological polar surface area (TPSA) is 39.2 Å². The summed E-state index contributed by atoms with van der Waals surface area (Å²) in [6.07, 6.45) is 0.655. The van der Waals surface area contributed by atoms with Crippen molar-refractivity contribution in [1.29, 1.82) is 0 Å². The van der Waals surface area contributed by atoms with Gasteiger partial charge < -0.3 is 10.2 Å². The predicted molar refractivity (Wildman–Crippen MR) is 209 cm³/mol. The molecule has 1 atom stereocenters. The fraction of sp³-hybridized carbons (Fsp3) is 0.0417. The van der Waals surface area contributed by atoms with Crippen LogP contribution in [0.1, 0.15) is 16.7 Å². The first-order valence-corrected chi connectivity index (χ1v) is 17.2. The summed E-state index contributed by atoms with van der Waals surface area (Å²) in [5, 5.41) is 4.73. The maximum atomic E-state index is 7.47. The molecule has 0 saturated heterocycles. The fourth-order valence-electron chi connectivity index (χ4n) is 7.57. The first-order chi connectivity index (χ1) is 24.6. The Morgan fingerprint density at radius 1 is 0.420 bits per heavy atom. The van der Waals surface area contributed by atoms with Crippen LogP contribution in [0, 0.1) is 0 Å². The van der Waals surface area contributed by atoms with E-state index in [1.807, 2.05) is 12.1 Å². The van der Waals surface area contributed by atoms with Crippen LogP contribution in [0.15, 0.2) is 192 Å². The van der Waals surface area contributed by atoms with E-state index in [4.69, 9.17) is 10.2 Å². The predicted octanol–water partition coefficient (Wildman–Crippen LogP) is 12.2.